The molecule has 11 nitrogen and oxygen atoms in total. The number of carbonyl (C=O) groups is 5. The van der Waals surface area contributed by atoms with Gasteiger partial charge in [-0.05, 0) is 79.5 Å². The number of ether oxygens (including phenoxy) is 1. The van der Waals surface area contributed by atoms with Gasteiger partial charge in [0.05, 0.1) is 35.2 Å². The highest BCUT2D eigenvalue weighted by molar-refractivity contribution is 7.22. The number of aryl methyl sites for hydroxylation is 2. The number of amides is 5. The van der Waals surface area contributed by atoms with Gasteiger partial charge in [0.15, 0.2) is 0 Å². The largest absolute Gasteiger partial charge is 0.508 e. The monoisotopic (exact) mass is 698 g/mol. The molecule has 4 aliphatic rings. The van der Waals surface area contributed by atoms with Gasteiger partial charge in [0.1, 0.15) is 17.3 Å². The summed E-state index contributed by atoms with van der Waals surface area (Å²) in [6.45, 7) is 3.78. The number of halogens is 1. The fraction of sp³-hybridized carbons (Fsp3) is 0.333. The number of benzene rings is 2. The van der Waals surface area contributed by atoms with Gasteiger partial charge in [0, 0.05) is 28.8 Å². The van der Waals surface area contributed by atoms with Crippen LogP contribution in [0.4, 0.5) is 10.6 Å². The molecule has 2 aliphatic heterocycles. The van der Waals surface area contributed by atoms with Gasteiger partial charge in [-0.3, -0.25) is 23.9 Å². The summed E-state index contributed by atoms with van der Waals surface area (Å²) in [5.41, 5.74) is 1.79. The predicted octanol–water partition coefficient (Wildman–Crippen LogP) is 5.97. The number of anilines is 1. The Morgan fingerprint density at radius 1 is 1.04 bits per heavy atom. The molecule has 49 heavy (non-hydrogen) atoms. The second kappa shape index (κ2) is 10.8. The molecule has 2 aromatic carbocycles. The minimum absolute atomic E-state index is 0.0393. The van der Waals surface area contributed by atoms with Crippen LogP contribution >= 0.6 is 22.9 Å². The number of nitrogens with zero attached hydrogens (tertiary/aromatic N) is 4. The van der Waals surface area contributed by atoms with Crippen molar-refractivity contribution in [1.82, 2.24) is 14.7 Å². The SMILES string of the molecule is COC(=O)N1C(=O)[C@H]2[C@H](CC=C3[C@H]2C[C@H]2C(=O)N(c4cc(-c5sc6ccc(Cl)cc6c5C)nn4C)C(=O)[C@@]2(C)[C@H]3c2ccc(O)cc2)C1=O. The molecule has 250 valence electrons. The maximum atomic E-state index is 14.9. The summed E-state index contributed by atoms with van der Waals surface area (Å²) in [5, 5.41) is 16.5. The number of hydrogen-bond acceptors (Lipinski definition) is 9. The molecule has 1 saturated carbocycles. The van der Waals surface area contributed by atoms with Crippen molar-refractivity contribution in [2.45, 2.75) is 32.6 Å². The first-order chi connectivity index (χ1) is 23.4. The third kappa shape index (κ3) is 4.26. The lowest BCUT2D eigenvalue weighted by Crippen LogP contribution is -2.49. The smallest absolute Gasteiger partial charge is 0.423 e. The van der Waals surface area contributed by atoms with Crippen LogP contribution in [0.25, 0.3) is 20.7 Å². The highest BCUT2D eigenvalue weighted by Gasteiger charge is 2.68. The highest BCUT2D eigenvalue weighted by atomic mass is 35.5. The van der Waals surface area contributed by atoms with E-state index >= 15 is 0 Å². The van der Waals surface area contributed by atoms with Gasteiger partial charge in [-0.25, -0.2) is 9.69 Å². The average Bonchev–Trinajstić information content (AvgIpc) is 3.75. The van der Waals surface area contributed by atoms with E-state index in [0.717, 1.165) is 33.2 Å². The van der Waals surface area contributed by atoms with Crippen molar-refractivity contribution in [3.8, 4) is 16.3 Å². The fourth-order valence-electron chi connectivity index (χ4n) is 8.77. The first-order valence-corrected chi connectivity index (χ1v) is 17.1. The van der Waals surface area contributed by atoms with Gasteiger partial charge in [-0.1, -0.05) is 35.4 Å². The number of carbonyl (C=O) groups excluding carboxylic acids is 5. The number of phenolic OH excluding ortho intramolecular Hbond substituents is 1. The molecule has 0 unspecified atom stereocenters. The Morgan fingerprint density at radius 3 is 2.49 bits per heavy atom. The van der Waals surface area contributed by atoms with Crippen molar-refractivity contribution in [1.29, 1.82) is 0 Å². The topological polar surface area (TPSA) is 139 Å². The second-order valence-electron chi connectivity index (χ2n) is 13.4. The molecule has 4 aromatic rings. The molecular weight excluding hydrogens is 668 g/mol. The predicted molar refractivity (Wildman–Crippen MR) is 181 cm³/mol. The van der Waals surface area contributed by atoms with Crippen LogP contribution < -0.4 is 4.90 Å². The molecule has 8 rings (SSSR count). The first-order valence-electron chi connectivity index (χ1n) is 15.9. The average molecular weight is 699 g/mol. The van der Waals surface area contributed by atoms with Gasteiger partial charge < -0.3 is 9.84 Å². The summed E-state index contributed by atoms with van der Waals surface area (Å²) >= 11 is 7.83. The molecule has 0 spiro atoms. The lowest BCUT2D eigenvalue weighted by molar-refractivity contribution is -0.138. The van der Waals surface area contributed by atoms with Crippen LogP contribution in [0.5, 0.6) is 5.75 Å². The van der Waals surface area contributed by atoms with Crippen molar-refractivity contribution in [2.75, 3.05) is 12.0 Å². The van der Waals surface area contributed by atoms with Gasteiger partial charge in [-0.2, -0.15) is 10.00 Å². The molecule has 13 heteroatoms. The van der Waals surface area contributed by atoms with Crippen molar-refractivity contribution in [2.24, 2.45) is 36.1 Å². The van der Waals surface area contributed by atoms with Crippen LogP contribution in [-0.4, -0.2) is 56.6 Å². The minimum Gasteiger partial charge on any atom is -0.508 e. The zero-order chi connectivity index (χ0) is 34.7. The van der Waals surface area contributed by atoms with Gasteiger partial charge >= 0.3 is 6.09 Å². The van der Waals surface area contributed by atoms with E-state index in [9.17, 15) is 29.1 Å². The van der Waals surface area contributed by atoms with Gasteiger partial charge in [0.2, 0.25) is 23.6 Å². The molecule has 6 atom stereocenters. The van der Waals surface area contributed by atoms with Crippen molar-refractivity contribution < 1.29 is 33.8 Å². The van der Waals surface area contributed by atoms with Gasteiger partial charge in [0.25, 0.3) is 0 Å². The standard InChI is InChI=1S/C36H31ClN4O7S/c1-16-22-13-18(37)7-12-26(22)49-30(16)25-15-27(39(3)38-25)40-32(44)24-14-23-20(10-11-21-28(23)33(45)41(31(21)43)35(47)48-4)29(36(24,2)34(40)46)17-5-8-19(42)9-6-17/h5-10,12-13,15,21,23-24,28-29,42H,11,14H2,1-4H3/t21-,23+,24-,28-,29-,36+/m0/s1. The van der Waals surface area contributed by atoms with E-state index < -0.39 is 64.7 Å². The van der Waals surface area contributed by atoms with Crippen molar-refractivity contribution >= 4 is 68.6 Å². The number of phenols is 1. The summed E-state index contributed by atoms with van der Waals surface area (Å²) in [4.78, 5) is 71.7. The fourth-order valence-corrected chi connectivity index (χ4v) is 10.1. The van der Waals surface area contributed by atoms with Crippen LogP contribution in [0.15, 0.2) is 60.2 Å². The van der Waals surface area contributed by atoms with Gasteiger partial charge in [-0.15, -0.1) is 11.3 Å². The van der Waals surface area contributed by atoms with Crippen LogP contribution in [0, 0.1) is 36.0 Å². The van der Waals surface area contributed by atoms with E-state index in [0.29, 0.717) is 27.0 Å². The molecule has 4 heterocycles. The molecule has 2 saturated heterocycles. The Hall–Kier alpha value is -4.81. The third-order valence-corrected chi connectivity index (χ3v) is 12.6. The molecule has 2 aliphatic carbocycles. The summed E-state index contributed by atoms with van der Waals surface area (Å²) in [6, 6.07) is 13.9. The quantitative estimate of drug-likeness (QED) is 0.204. The van der Waals surface area contributed by atoms with E-state index in [4.69, 9.17) is 21.4 Å². The number of rotatable bonds is 3. The number of hydrogen-bond donors (Lipinski definition) is 1. The van der Waals surface area contributed by atoms with E-state index in [2.05, 4.69) is 0 Å². The summed E-state index contributed by atoms with van der Waals surface area (Å²) < 4.78 is 7.33. The number of allylic oxidation sites excluding steroid dienone is 2. The molecule has 5 amide bonds. The molecule has 0 bridgehead atoms. The van der Waals surface area contributed by atoms with E-state index in [1.54, 1.807) is 43.5 Å². The summed E-state index contributed by atoms with van der Waals surface area (Å²) in [6.07, 6.45) is 1.19. The normalized spacial score (nSPS) is 27.8. The molecule has 2 aromatic heterocycles. The third-order valence-electron chi connectivity index (χ3n) is 11.1. The maximum absolute atomic E-state index is 14.9. The zero-order valence-corrected chi connectivity index (χ0v) is 28.5. The van der Waals surface area contributed by atoms with E-state index in [-0.39, 0.29) is 18.6 Å². The van der Waals surface area contributed by atoms with Crippen LogP contribution in [0.1, 0.15) is 36.8 Å². The Bertz CT molecular complexity index is 2190. The zero-order valence-electron chi connectivity index (χ0n) is 27.0. The Labute approximate surface area is 289 Å². The van der Waals surface area contributed by atoms with E-state index in [1.807, 2.05) is 31.2 Å². The number of imide groups is 4. The van der Waals surface area contributed by atoms with Crippen molar-refractivity contribution in [3.05, 3.63) is 76.3 Å². The minimum atomic E-state index is -1.27. The van der Waals surface area contributed by atoms with Crippen LogP contribution in [0.3, 0.4) is 0 Å². The first kappa shape index (κ1) is 31.5. The molecular formula is C36H31ClN4O7S. The maximum Gasteiger partial charge on any atom is 0.423 e. The summed E-state index contributed by atoms with van der Waals surface area (Å²) in [7, 11) is 2.80. The van der Waals surface area contributed by atoms with E-state index in [1.165, 1.54) is 21.7 Å². The second-order valence-corrected chi connectivity index (χ2v) is 14.9. The molecule has 3 fully saturated rings. The Morgan fingerprint density at radius 2 is 1.78 bits per heavy atom. The van der Waals surface area contributed by atoms with Crippen LogP contribution in [-0.2, 0) is 31.0 Å². The number of aromatic hydroxyl groups is 1. The lowest BCUT2D eigenvalue weighted by atomic mass is 9.51. The summed E-state index contributed by atoms with van der Waals surface area (Å²) in [5.74, 6) is -5.52. The number of aromatic nitrogens is 2. The Balaban J connectivity index is 1.24. The van der Waals surface area contributed by atoms with Crippen molar-refractivity contribution in [3.63, 3.8) is 0 Å². The highest BCUT2D eigenvalue weighted by Crippen LogP contribution is 2.63. The van der Waals surface area contributed by atoms with Crippen LogP contribution in [0.2, 0.25) is 5.02 Å². The number of thiophene rings is 1. The number of fused-ring (bicyclic) bond motifs is 5. The molecule has 1 N–H and O–H groups in total. The Kier molecular flexibility index (Phi) is 6.96. The number of methoxy groups -OCH3 is 1. The number of likely N-dealkylation sites (tertiary alicyclic amines) is 1. The molecule has 0 radical (unpaired) electrons. The lowest BCUT2D eigenvalue weighted by Gasteiger charge is -2.49.